The molecule has 40 heavy (non-hydrogen) atoms. The number of para-hydroxylation sites is 1. The molecule has 9 heteroatoms. The maximum Gasteiger partial charge on any atom is 0.256 e. The molecule has 3 aliphatic rings. The van der Waals surface area contributed by atoms with Gasteiger partial charge in [0.25, 0.3) is 5.91 Å². The largest absolute Gasteiger partial charge is 0.461 e. The normalized spacial score (nSPS) is 19.2. The van der Waals surface area contributed by atoms with Crippen LogP contribution in [0.5, 0.6) is 0 Å². The van der Waals surface area contributed by atoms with E-state index in [4.69, 9.17) is 9.15 Å². The van der Waals surface area contributed by atoms with Crippen LogP contribution in [-0.2, 0) is 32.4 Å². The Bertz CT molecular complexity index is 1540. The summed E-state index contributed by atoms with van der Waals surface area (Å²) in [6.07, 6.45) is 7.70. The Morgan fingerprint density at radius 1 is 1.07 bits per heavy atom. The maximum atomic E-state index is 13.4. The molecule has 1 unspecified atom stereocenters. The van der Waals surface area contributed by atoms with Gasteiger partial charge in [0.2, 0.25) is 10.0 Å². The van der Waals surface area contributed by atoms with Gasteiger partial charge in [-0.3, -0.25) is 4.79 Å². The highest BCUT2D eigenvalue weighted by atomic mass is 32.2. The Labute approximate surface area is 235 Å². The van der Waals surface area contributed by atoms with Gasteiger partial charge in [-0.1, -0.05) is 31.5 Å². The fourth-order valence-corrected chi connectivity index (χ4v) is 7.39. The van der Waals surface area contributed by atoms with Crippen LogP contribution in [0.2, 0.25) is 0 Å². The zero-order valence-corrected chi connectivity index (χ0v) is 23.6. The molecule has 210 valence electrons. The lowest BCUT2D eigenvalue weighted by Crippen LogP contribution is -2.40. The SMILES string of the molecule is CCCC(Nc1ccccc1)c1c(C=C2C(=O)Nc3ccc(S(=O)(=O)N4CCOCC4)cc32)oc2c1CCCC2. The van der Waals surface area contributed by atoms with Crippen LogP contribution in [0.15, 0.2) is 57.8 Å². The second-order valence-corrected chi connectivity index (χ2v) is 12.5. The van der Waals surface area contributed by atoms with E-state index in [1.54, 1.807) is 18.2 Å². The number of benzene rings is 2. The van der Waals surface area contributed by atoms with E-state index in [-0.39, 0.29) is 16.8 Å². The van der Waals surface area contributed by atoms with Crippen LogP contribution in [0.1, 0.15) is 66.9 Å². The third-order valence-corrected chi connectivity index (χ3v) is 9.83. The molecular weight excluding hydrogens is 526 g/mol. The number of furan rings is 1. The Balaban J connectivity index is 1.42. The van der Waals surface area contributed by atoms with Gasteiger partial charge in [0.15, 0.2) is 0 Å². The molecule has 8 nitrogen and oxygen atoms in total. The number of amides is 1. The minimum Gasteiger partial charge on any atom is -0.461 e. The number of carbonyl (C=O) groups is 1. The summed E-state index contributed by atoms with van der Waals surface area (Å²) in [6.45, 7) is 3.54. The fourth-order valence-electron chi connectivity index (χ4n) is 5.95. The van der Waals surface area contributed by atoms with Crippen LogP contribution >= 0.6 is 0 Å². The predicted octanol–water partition coefficient (Wildman–Crippen LogP) is 5.63. The summed E-state index contributed by atoms with van der Waals surface area (Å²) in [4.78, 5) is 13.4. The fraction of sp³-hybridized carbons (Fsp3) is 0.387. The molecule has 2 aliphatic heterocycles. The zero-order valence-electron chi connectivity index (χ0n) is 22.7. The van der Waals surface area contributed by atoms with Crippen LogP contribution in [0.4, 0.5) is 11.4 Å². The highest BCUT2D eigenvalue weighted by Crippen LogP contribution is 2.41. The summed E-state index contributed by atoms with van der Waals surface area (Å²) in [7, 11) is -3.71. The lowest BCUT2D eigenvalue weighted by Gasteiger charge is -2.26. The van der Waals surface area contributed by atoms with Crippen LogP contribution in [0.25, 0.3) is 11.6 Å². The second kappa shape index (κ2) is 11.2. The number of carbonyl (C=O) groups excluding carboxylic acids is 1. The molecule has 1 aromatic heterocycles. The first-order chi connectivity index (χ1) is 19.5. The molecule has 1 fully saturated rings. The molecular formula is C31H35N3O5S. The van der Waals surface area contributed by atoms with E-state index in [0.717, 1.165) is 55.5 Å². The van der Waals surface area contributed by atoms with Crippen molar-refractivity contribution in [1.29, 1.82) is 0 Å². The minimum absolute atomic E-state index is 0.0156. The van der Waals surface area contributed by atoms with Crippen molar-refractivity contribution in [2.45, 2.75) is 56.4 Å². The Morgan fingerprint density at radius 3 is 2.62 bits per heavy atom. The smallest absolute Gasteiger partial charge is 0.256 e. The van der Waals surface area contributed by atoms with Crippen molar-refractivity contribution in [2.75, 3.05) is 36.9 Å². The number of aryl methyl sites for hydroxylation is 1. The van der Waals surface area contributed by atoms with Gasteiger partial charge in [0.05, 0.1) is 29.7 Å². The minimum atomic E-state index is -3.71. The van der Waals surface area contributed by atoms with Crippen molar-refractivity contribution in [3.63, 3.8) is 0 Å². The van der Waals surface area contributed by atoms with Gasteiger partial charge in [-0.05, 0) is 67.7 Å². The molecule has 0 bridgehead atoms. The number of nitrogens with zero attached hydrogens (tertiary/aromatic N) is 1. The molecule has 0 radical (unpaired) electrons. The molecule has 1 saturated heterocycles. The number of fused-ring (bicyclic) bond motifs is 2. The molecule has 0 spiro atoms. The summed E-state index contributed by atoms with van der Waals surface area (Å²) in [5.74, 6) is 1.40. The van der Waals surface area contributed by atoms with E-state index in [9.17, 15) is 13.2 Å². The predicted molar refractivity (Wildman–Crippen MR) is 156 cm³/mol. The van der Waals surface area contributed by atoms with E-state index in [0.29, 0.717) is 48.9 Å². The maximum absolute atomic E-state index is 13.4. The number of ether oxygens (including phenoxy) is 1. The number of rotatable bonds is 8. The Kier molecular flexibility index (Phi) is 7.53. The first-order valence-corrected chi connectivity index (χ1v) is 15.6. The van der Waals surface area contributed by atoms with Gasteiger partial charge >= 0.3 is 0 Å². The second-order valence-electron chi connectivity index (χ2n) is 10.6. The van der Waals surface area contributed by atoms with Crippen LogP contribution in [0.3, 0.4) is 0 Å². The number of morpholine rings is 1. The molecule has 1 aliphatic carbocycles. The summed E-state index contributed by atoms with van der Waals surface area (Å²) in [6, 6.07) is 15.0. The number of nitrogens with one attached hydrogen (secondary N) is 2. The third-order valence-electron chi connectivity index (χ3n) is 7.94. The quantitative estimate of drug-likeness (QED) is 0.346. The van der Waals surface area contributed by atoms with E-state index in [1.807, 2.05) is 24.3 Å². The number of sulfonamides is 1. The molecule has 3 heterocycles. The molecule has 1 atom stereocenters. The van der Waals surface area contributed by atoms with Crippen molar-refractivity contribution in [3.05, 3.63) is 76.7 Å². The number of anilines is 2. The standard InChI is InChI=1S/C31H35N3O5S/c1-2-8-27(32-21-9-4-3-5-10-21)30-23-11-6-7-12-28(23)39-29(30)20-25-24-19-22(13-14-26(24)33-31(25)35)40(36,37)34-15-17-38-18-16-34/h3-5,9-10,13-14,19-20,27,32H,2,6-8,11-12,15-18H2,1H3,(H,33,35). The highest BCUT2D eigenvalue weighted by molar-refractivity contribution is 7.89. The molecule has 3 aromatic rings. The average Bonchev–Trinajstić information content (AvgIpc) is 3.50. The summed E-state index contributed by atoms with van der Waals surface area (Å²) in [5, 5.41) is 6.62. The van der Waals surface area contributed by atoms with Crippen molar-refractivity contribution in [1.82, 2.24) is 4.31 Å². The summed E-state index contributed by atoms with van der Waals surface area (Å²) < 4.78 is 40.0. The van der Waals surface area contributed by atoms with Crippen molar-refractivity contribution in [3.8, 4) is 0 Å². The van der Waals surface area contributed by atoms with E-state index in [1.165, 1.54) is 9.87 Å². The van der Waals surface area contributed by atoms with Gasteiger partial charge in [0, 0.05) is 42.0 Å². The van der Waals surface area contributed by atoms with Crippen molar-refractivity contribution in [2.24, 2.45) is 0 Å². The first-order valence-electron chi connectivity index (χ1n) is 14.2. The van der Waals surface area contributed by atoms with Gasteiger partial charge < -0.3 is 19.8 Å². The van der Waals surface area contributed by atoms with E-state index < -0.39 is 10.0 Å². The molecule has 2 aromatic carbocycles. The highest BCUT2D eigenvalue weighted by Gasteiger charge is 2.33. The summed E-state index contributed by atoms with van der Waals surface area (Å²) >= 11 is 0. The van der Waals surface area contributed by atoms with E-state index >= 15 is 0 Å². The lowest BCUT2D eigenvalue weighted by molar-refractivity contribution is -0.110. The zero-order chi connectivity index (χ0) is 27.7. The topological polar surface area (TPSA) is 101 Å². The average molecular weight is 562 g/mol. The molecule has 6 rings (SSSR count). The number of hydrogen-bond donors (Lipinski definition) is 2. The van der Waals surface area contributed by atoms with Gasteiger partial charge in [-0.2, -0.15) is 4.31 Å². The summed E-state index contributed by atoms with van der Waals surface area (Å²) in [5.41, 5.74) is 4.96. The third kappa shape index (κ3) is 5.09. The Hall–Kier alpha value is -3.40. The first kappa shape index (κ1) is 26.8. The van der Waals surface area contributed by atoms with Crippen LogP contribution in [0, 0.1) is 0 Å². The number of hydrogen-bond acceptors (Lipinski definition) is 6. The van der Waals surface area contributed by atoms with Gasteiger partial charge in [-0.25, -0.2) is 8.42 Å². The Morgan fingerprint density at radius 2 is 1.85 bits per heavy atom. The lowest BCUT2D eigenvalue weighted by atomic mass is 9.89. The molecule has 0 saturated carbocycles. The van der Waals surface area contributed by atoms with Gasteiger partial charge in [0.1, 0.15) is 11.5 Å². The van der Waals surface area contributed by atoms with Crippen LogP contribution < -0.4 is 10.6 Å². The monoisotopic (exact) mass is 561 g/mol. The van der Waals surface area contributed by atoms with Crippen LogP contribution in [-0.4, -0.2) is 44.9 Å². The molecule has 2 N–H and O–H groups in total. The van der Waals surface area contributed by atoms with Crippen molar-refractivity contribution >= 4 is 39.0 Å². The molecule has 1 amide bonds. The van der Waals surface area contributed by atoms with Crippen molar-refractivity contribution < 1.29 is 22.4 Å². The van der Waals surface area contributed by atoms with E-state index in [2.05, 4.69) is 29.7 Å². The van der Waals surface area contributed by atoms with Gasteiger partial charge in [-0.15, -0.1) is 0 Å².